The van der Waals surface area contributed by atoms with E-state index in [2.05, 4.69) is 15.3 Å². The summed E-state index contributed by atoms with van der Waals surface area (Å²) in [6, 6.07) is 6.69. The number of hydrogen-bond donors (Lipinski definition) is 2. The maximum Gasteiger partial charge on any atom is 0.287 e. The van der Waals surface area contributed by atoms with E-state index in [9.17, 15) is 18.4 Å². The monoisotopic (exact) mass is 485 g/mol. The Bertz CT molecular complexity index is 1330. The third-order valence-electron chi connectivity index (χ3n) is 6.63. The van der Waals surface area contributed by atoms with Crippen LogP contribution in [0.4, 0.5) is 8.78 Å². The predicted octanol–water partition coefficient (Wildman–Crippen LogP) is 3.48. The van der Waals surface area contributed by atoms with Crippen molar-refractivity contribution in [1.29, 1.82) is 0 Å². The first-order chi connectivity index (χ1) is 16.9. The molecular weight excluding hydrogens is 460 g/mol. The zero-order valence-electron chi connectivity index (χ0n) is 19.1. The van der Waals surface area contributed by atoms with E-state index >= 15 is 0 Å². The average Bonchev–Trinajstić information content (AvgIpc) is 3.48. The van der Waals surface area contributed by atoms with Crippen LogP contribution in [0.3, 0.4) is 0 Å². The molecule has 3 heterocycles. The molecule has 2 aromatic carbocycles. The molecule has 0 spiro atoms. The van der Waals surface area contributed by atoms with E-state index < -0.39 is 23.1 Å². The topological polar surface area (TPSA) is 103 Å². The molecule has 0 saturated carbocycles. The van der Waals surface area contributed by atoms with Crippen LogP contribution in [0, 0.1) is 17.6 Å². The molecule has 1 amide bonds. The van der Waals surface area contributed by atoms with Crippen LogP contribution >= 0.6 is 0 Å². The normalized spacial score (nSPS) is 20.8. The van der Waals surface area contributed by atoms with Crippen LogP contribution in [-0.2, 0) is 11.3 Å². The van der Waals surface area contributed by atoms with Gasteiger partial charge in [0.15, 0.2) is 29.0 Å². The lowest BCUT2D eigenvalue weighted by molar-refractivity contribution is 0.0884. The van der Waals surface area contributed by atoms with Gasteiger partial charge in [-0.2, -0.15) is 0 Å². The Morgan fingerprint density at radius 3 is 2.80 bits per heavy atom. The fourth-order valence-corrected chi connectivity index (χ4v) is 4.87. The average molecular weight is 485 g/mol. The third kappa shape index (κ3) is 4.70. The summed E-state index contributed by atoms with van der Waals surface area (Å²) in [4.78, 5) is 32.0. The van der Waals surface area contributed by atoms with Crippen molar-refractivity contribution in [3.63, 3.8) is 0 Å². The van der Waals surface area contributed by atoms with Crippen molar-refractivity contribution in [3.05, 3.63) is 63.7 Å². The first-order valence-electron chi connectivity index (χ1n) is 11.5. The second-order valence-electron chi connectivity index (χ2n) is 8.84. The molecule has 0 radical (unpaired) electrons. The smallest absolute Gasteiger partial charge is 0.287 e. The SMILES string of the molecule is COc1cc(CNC(=O)c2nc3ccc(F)c(OCCC4C[C@H]5CC[C@@H]4O5)c3c(=O)[nH]2)ccc1F. The number of H-pyrrole nitrogens is 1. The molecular formula is C25H25F2N3O5. The highest BCUT2D eigenvalue weighted by Crippen LogP contribution is 2.40. The Morgan fingerprint density at radius 1 is 1.23 bits per heavy atom. The fourth-order valence-electron chi connectivity index (χ4n) is 4.87. The zero-order chi connectivity index (χ0) is 24.5. The van der Waals surface area contributed by atoms with Crippen molar-refractivity contribution in [2.45, 2.75) is 44.4 Å². The Morgan fingerprint density at radius 2 is 2.06 bits per heavy atom. The van der Waals surface area contributed by atoms with Crippen LogP contribution in [0.15, 0.2) is 35.1 Å². The molecule has 3 atom stereocenters. The summed E-state index contributed by atoms with van der Waals surface area (Å²) in [5, 5.41) is 2.57. The van der Waals surface area contributed by atoms with Gasteiger partial charge in [-0.1, -0.05) is 6.07 Å². The highest BCUT2D eigenvalue weighted by Gasteiger charge is 2.40. The second-order valence-corrected chi connectivity index (χ2v) is 8.84. The number of nitrogens with one attached hydrogen (secondary N) is 2. The van der Waals surface area contributed by atoms with E-state index in [4.69, 9.17) is 14.2 Å². The molecule has 2 saturated heterocycles. The zero-order valence-corrected chi connectivity index (χ0v) is 19.1. The lowest BCUT2D eigenvalue weighted by atomic mass is 9.87. The van der Waals surface area contributed by atoms with Crippen LogP contribution in [0.2, 0.25) is 0 Å². The van der Waals surface area contributed by atoms with E-state index in [1.807, 2.05) is 0 Å². The quantitative estimate of drug-likeness (QED) is 0.507. The fraction of sp³-hybridized carbons (Fsp3) is 0.400. The van der Waals surface area contributed by atoms with Gasteiger partial charge in [-0.15, -0.1) is 0 Å². The molecule has 3 aromatic rings. The van der Waals surface area contributed by atoms with Crippen molar-refractivity contribution in [2.75, 3.05) is 13.7 Å². The van der Waals surface area contributed by atoms with Crippen molar-refractivity contribution in [1.82, 2.24) is 15.3 Å². The summed E-state index contributed by atoms with van der Waals surface area (Å²) in [7, 11) is 1.35. The molecule has 2 aliphatic rings. The van der Waals surface area contributed by atoms with Gasteiger partial charge < -0.3 is 24.5 Å². The summed E-state index contributed by atoms with van der Waals surface area (Å²) >= 11 is 0. The number of ether oxygens (including phenoxy) is 3. The number of carbonyl (C=O) groups is 1. The minimum Gasteiger partial charge on any atom is -0.494 e. The van der Waals surface area contributed by atoms with Crippen LogP contribution in [0.5, 0.6) is 11.5 Å². The van der Waals surface area contributed by atoms with Crippen LogP contribution in [0.25, 0.3) is 10.9 Å². The Balaban J connectivity index is 1.29. The van der Waals surface area contributed by atoms with Crippen LogP contribution in [0.1, 0.15) is 41.9 Å². The van der Waals surface area contributed by atoms with Crippen molar-refractivity contribution >= 4 is 16.8 Å². The number of rotatable bonds is 8. The summed E-state index contributed by atoms with van der Waals surface area (Å²) in [6.07, 6.45) is 4.38. The Hall–Kier alpha value is -3.53. The third-order valence-corrected chi connectivity index (χ3v) is 6.63. The van der Waals surface area contributed by atoms with Crippen molar-refractivity contribution in [2.24, 2.45) is 5.92 Å². The molecule has 1 unspecified atom stereocenters. The molecule has 2 aliphatic heterocycles. The molecule has 1 aromatic heterocycles. The number of methoxy groups -OCH3 is 1. The first kappa shape index (κ1) is 23.2. The number of aromatic nitrogens is 2. The standard InChI is InChI=1S/C25H25F2N3O5/c1-33-20-10-13(2-4-16(20)26)12-28-25(32)23-29-18-6-5-17(27)22(21(18)24(31)30-23)34-9-8-14-11-15-3-7-19(14)35-15/h2,4-6,10,14-15,19H,3,7-9,11-12H2,1H3,(H,28,32)(H,29,30,31)/t14?,15-,19+/m1/s1. The van der Waals surface area contributed by atoms with Gasteiger partial charge in [0.25, 0.3) is 11.5 Å². The van der Waals surface area contributed by atoms with Crippen molar-refractivity contribution in [3.8, 4) is 11.5 Å². The van der Waals surface area contributed by atoms with Gasteiger partial charge in [-0.3, -0.25) is 9.59 Å². The maximum atomic E-state index is 14.6. The van der Waals surface area contributed by atoms with Gasteiger partial charge in [0.2, 0.25) is 0 Å². The number of nitrogens with zero attached hydrogens (tertiary/aromatic N) is 1. The lowest BCUT2D eigenvalue weighted by Gasteiger charge is -2.18. The Labute approximate surface area is 199 Å². The van der Waals surface area contributed by atoms with Crippen LogP contribution < -0.4 is 20.3 Å². The second kappa shape index (κ2) is 9.61. The predicted molar refractivity (Wildman–Crippen MR) is 123 cm³/mol. The molecule has 2 fully saturated rings. The Kier molecular flexibility index (Phi) is 6.38. The van der Waals surface area contributed by atoms with E-state index in [-0.39, 0.29) is 47.5 Å². The molecule has 5 rings (SSSR count). The number of hydrogen-bond acceptors (Lipinski definition) is 6. The van der Waals surface area contributed by atoms with Gasteiger partial charge in [0.05, 0.1) is 31.4 Å². The van der Waals surface area contributed by atoms with E-state index in [0.717, 1.165) is 25.3 Å². The van der Waals surface area contributed by atoms with Gasteiger partial charge in [-0.05, 0) is 61.4 Å². The van der Waals surface area contributed by atoms with Crippen LogP contribution in [-0.4, -0.2) is 41.8 Å². The van der Waals surface area contributed by atoms with Gasteiger partial charge in [0.1, 0.15) is 5.39 Å². The first-order valence-corrected chi connectivity index (χ1v) is 11.5. The number of amides is 1. The minimum absolute atomic E-state index is 0.0472. The van der Waals surface area contributed by atoms with E-state index in [1.54, 1.807) is 0 Å². The molecule has 0 aliphatic carbocycles. The summed E-state index contributed by atoms with van der Waals surface area (Å²) < 4.78 is 44.6. The molecule has 8 nitrogen and oxygen atoms in total. The highest BCUT2D eigenvalue weighted by molar-refractivity contribution is 5.93. The van der Waals surface area contributed by atoms with E-state index in [1.165, 1.54) is 31.4 Å². The minimum atomic E-state index is -0.679. The number of carbonyl (C=O) groups excluding carboxylic acids is 1. The largest absolute Gasteiger partial charge is 0.494 e. The summed E-state index contributed by atoms with van der Waals surface area (Å²) in [5.41, 5.74) is 0.0572. The van der Waals surface area contributed by atoms with Gasteiger partial charge in [-0.25, -0.2) is 13.8 Å². The number of benzene rings is 2. The maximum absolute atomic E-state index is 14.6. The molecule has 35 heavy (non-hydrogen) atoms. The summed E-state index contributed by atoms with van der Waals surface area (Å²) in [6.45, 7) is 0.303. The van der Waals surface area contributed by atoms with Crippen molar-refractivity contribution < 1.29 is 27.8 Å². The van der Waals surface area contributed by atoms with Gasteiger partial charge in [0, 0.05) is 6.54 Å². The molecule has 184 valence electrons. The highest BCUT2D eigenvalue weighted by atomic mass is 19.1. The molecule has 2 N–H and O–H groups in total. The summed E-state index contributed by atoms with van der Waals surface area (Å²) in [5.74, 6) is -1.81. The van der Waals surface area contributed by atoms with E-state index in [0.29, 0.717) is 24.0 Å². The lowest BCUT2D eigenvalue weighted by Crippen LogP contribution is -2.28. The number of fused-ring (bicyclic) bond motifs is 3. The molecule has 10 heteroatoms. The number of aromatic amines is 1. The van der Waals surface area contributed by atoms with Gasteiger partial charge >= 0.3 is 0 Å². The molecule has 2 bridgehead atoms. The number of halogens is 2.